The molecule has 0 bridgehead atoms. The average Bonchev–Trinajstić information content (AvgIpc) is 2.63. The SMILES string of the molecule is CC1CCC(NCCCNC(=O)NC2CCCC3CCCCC32)NC1. The van der Waals surface area contributed by atoms with Gasteiger partial charge in [0.1, 0.15) is 0 Å². The third kappa shape index (κ3) is 5.85. The van der Waals surface area contributed by atoms with E-state index in [2.05, 4.69) is 28.2 Å². The van der Waals surface area contributed by atoms with Gasteiger partial charge in [-0.15, -0.1) is 0 Å². The summed E-state index contributed by atoms with van der Waals surface area (Å²) in [6.45, 7) is 5.12. The fraction of sp³-hybridized carbons (Fsp3) is 0.950. The molecule has 5 nitrogen and oxygen atoms in total. The van der Waals surface area contributed by atoms with Gasteiger partial charge in [-0.05, 0) is 62.9 Å². The molecule has 2 saturated carbocycles. The van der Waals surface area contributed by atoms with Gasteiger partial charge in [0, 0.05) is 12.6 Å². The number of carbonyl (C=O) groups is 1. The molecule has 1 heterocycles. The van der Waals surface area contributed by atoms with E-state index in [1.807, 2.05) is 0 Å². The lowest BCUT2D eigenvalue weighted by atomic mass is 9.68. The summed E-state index contributed by atoms with van der Waals surface area (Å²) in [4.78, 5) is 12.2. The number of fused-ring (bicyclic) bond motifs is 1. The van der Waals surface area contributed by atoms with Crippen LogP contribution in [-0.4, -0.2) is 37.9 Å². The van der Waals surface area contributed by atoms with Gasteiger partial charge in [-0.3, -0.25) is 0 Å². The van der Waals surface area contributed by atoms with Gasteiger partial charge in [0.25, 0.3) is 0 Å². The van der Waals surface area contributed by atoms with Crippen molar-refractivity contribution in [2.75, 3.05) is 19.6 Å². The van der Waals surface area contributed by atoms with Crippen molar-refractivity contribution in [3.8, 4) is 0 Å². The van der Waals surface area contributed by atoms with Gasteiger partial charge >= 0.3 is 6.03 Å². The maximum atomic E-state index is 12.2. The zero-order chi connectivity index (χ0) is 17.5. The van der Waals surface area contributed by atoms with E-state index < -0.39 is 0 Å². The smallest absolute Gasteiger partial charge is 0.315 e. The van der Waals surface area contributed by atoms with Crippen molar-refractivity contribution in [2.24, 2.45) is 17.8 Å². The van der Waals surface area contributed by atoms with Gasteiger partial charge in [-0.1, -0.05) is 39.0 Å². The third-order valence-electron chi connectivity index (χ3n) is 6.58. The minimum atomic E-state index is 0.0424. The predicted molar refractivity (Wildman–Crippen MR) is 102 cm³/mol. The average molecular weight is 351 g/mol. The molecule has 3 aliphatic rings. The lowest BCUT2D eigenvalue weighted by Crippen LogP contribution is -2.50. The first-order chi connectivity index (χ1) is 12.2. The fourth-order valence-corrected chi connectivity index (χ4v) is 5.08. The summed E-state index contributed by atoms with van der Waals surface area (Å²) in [5.41, 5.74) is 0. The molecule has 2 aliphatic carbocycles. The predicted octanol–water partition coefficient (Wildman–Crippen LogP) is 2.97. The van der Waals surface area contributed by atoms with Crippen LogP contribution in [-0.2, 0) is 0 Å². The van der Waals surface area contributed by atoms with Gasteiger partial charge < -0.3 is 21.3 Å². The molecule has 3 rings (SSSR count). The van der Waals surface area contributed by atoms with Crippen molar-refractivity contribution in [1.29, 1.82) is 0 Å². The molecule has 144 valence electrons. The number of carbonyl (C=O) groups excluding carboxylic acids is 1. The van der Waals surface area contributed by atoms with Crippen LogP contribution in [0.2, 0.25) is 0 Å². The number of urea groups is 1. The highest BCUT2D eigenvalue weighted by Gasteiger charge is 2.35. The van der Waals surface area contributed by atoms with Crippen LogP contribution < -0.4 is 21.3 Å². The number of piperidine rings is 1. The van der Waals surface area contributed by atoms with Gasteiger partial charge in [0.05, 0.1) is 6.17 Å². The third-order valence-corrected chi connectivity index (χ3v) is 6.58. The van der Waals surface area contributed by atoms with E-state index in [1.54, 1.807) is 0 Å². The van der Waals surface area contributed by atoms with Gasteiger partial charge in [-0.25, -0.2) is 4.79 Å². The maximum absolute atomic E-state index is 12.2. The number of rotatable bonds is 6. The van der Waals surface area contributed by atoms with Crippen LogP contribution in [0.3, 0.4) is 0 Å². The summed E-state index contributed by atoms with van der Waals surface area (Å²) in [6.07, 6.45) is 13.2. The van der Waals surface area contributed by atoms with Crippen molar-refractivity contribution < 1.29 is 4.79 Å². The zero-order valence-corrected chi connectivity index (χ0v) is 16.0. The lowest BCUT2D eigenvalue weighted by molar-refractivity contribution is 0.128. The largest absolute Gasteiger partial charge is 0.338 e. The lowest BCUT2D eigenvalue weighted by Gasteiger charge is -2.41. The Morgan fingerprint density at radius 2 is 1.84 bits per heavy atom. The molecule has 2 amide bonds. The summed E-state index contributed by atoms with van der Waals surface area (Å²) >= 11 is 0. The van der Waals surface area contributed by atoms with Crippen LogP contribution in [0.5, 0.6) is 0 Å². The zero-order valence-electron chi connectivity index (χ0n) is 16.0. The van der Waals surface area contributed by atoms with E-state index in [0.717, 1.165) is 43.8 Å². The second-order valence-electron chi connectivity index (χ2n) is 8.60. The summed E-state index contributed by atoms with van der Waals surface area (Å²) in [5, 5.41) is 13.4. The summed E-state index contributed by atoms with van der Waals surface area (Å²) in [5.74, 6) is 2.39. The Balaban J connectivity index is 1.26. The Hall–Kier alpha value is -0.810. The highest BCUT2D eigenvalue weighted by atomic mass is 16.2. The van der Waals surface area contributed by atoms with Crippen molar-refractivity contribution in [1.82, 2.24) is 21.3 Å². The molecule has 0 radical (unpaired) electrons. The standard InChI is InChI=1S/C20H38N4O/c1-15-10-11-19(23-14-15)21-12-5-13-22-20(25)24-18-9-4-7-16-6-2-3-8-17(16)18/h15-19,21,23H,2-14H2,1H3,(H2,22,24,25). The Morgan fingerprint density at radius 3 is 2.68 bits per heavy atom. The molecule has 5 atom stereocenters. The van der Waals surface area contributed by atoms with E-state index in [4.69, 9.17) is 0 Å². The molecule has 0 aromatic heterocycles. The molecule has 25 heavy (non-hydrogen) atoms. The molecule has 5 heteroatoms. The Kier molecular flexibility index (Phi) is 7.41. The number of hydrogen-bond acceptors (Lipinski definition) is 3. The maximum Gasteiger partial charge on any atom is 0.315 e. The van der Waals surface area contributed by atoms with E-state index in [9.17, 15) is 4.79 Å². The van der Waals surface area contributed by atoms with Crippen LogP contribution in [0.1, 0.15) is 71.1 Å². The Bertz CT molecular complexity index is 407. The van der Waals surface area contributed by atoms with Crippen molar-refractivity contribution in [3.63, 3.8) is 0 Å². The molecular formula is C20H38N4O. The van der Waals surface area contributed by atoms with Gasteiger partial charge in [-0.2, -0.15) is 0 Å². The van der Waals surface area contributed by atoms with E-state index >= 15 is 0 Å². The van der Waals surface area contributed by atoms with Gasteiger partial charge in [0.15, 0.2) is 0 Å². The molecule has 0 aromatic carbocycles. The first-order valence-electron chi connectivity index (χ1n) is 10.7. The van der Waals surface area contributed by atoms with Crippen molar-refractivity contribution in [2.45, 2.75) is 83.3 Å². The van der Waals surface area contributed by atoms with E-state index in [1.165, 1.54) is 57.8 Å². The minimum absolute atomic E-state index is 0.0424. The van der Waals surface area contributed by atoms with Crippen molar-refractivity contribution >= 4 is 6.03 Å². The summed E-state index contributed by atoms with van der Waals surface area (Å²) < 4.78 is 0. The van der Waals surface area contributed by atoms with Gasteiger partial charge in [0.2, 0.25) is 0 Å². The van der Waals surface area contributed by atoms with E-state index in [-0.39, 0.29) is 6.03 Å². The molecular weight excluding hydrogens is 312 g/mol. The Labute approximate surface area is 153 Å². The van der Waals surface area contributed by atoms with Crippen LogP contribution in [0.25, 0.3) is 0 Å². The topological polar surface area (TPSA) is 65.2 Å². The normalized spacial score (nSPS) is 35.6. The summed E-state index contributed by atoms with van der Waals surface area (Å²) in [6, 6.07) is 0.450. The Morgan fingerprint density at radius 1 is 1.00 bits per heavy atom. The molecule has 5 unspecified atom stereocenters. The van der Waals surface area contributed by atoms with E-state index in [0.29, 0.717) is 12.2 Å². The molecule has 0 spiro atoms. The monoisotopic (exact) mass is 350 g/mol. The van der Waals surface area contributed by atoms with Crippen LogP contribution in [0.15, 0.2) is 0 Å². The molecule has 0 aromatic rings. The van der Waals surface area contributed by atoms with Crippen molar-refractivity contribution in [3.05, 3.63) is 0 Å². The first kappa shape index (κ1) is 19.0. The molecule has 1 aliphatic heterocycles. The molecule has 3 fully saturated rings. The fourth-order valence-electron chi connectivity index (χ4n) is 5.08. The number of amides is 2. The molecule has 4 N–H and O–H groups in total. The van der Waals surface area contributed by atoms with Crippen LogP contribution in [0.4, 0.5) is 4.79 Å². The number of nitrogens with one attached hydrogen (secondary N) is 4. The number of hydrogen-bond donors (Lipinski definition) is 4. The first-order valence-corrected chi connectivity index (χ1v) is 10.7. The van der Waals surface area contributed by atoms with Crippen LogP contribution in [0, 0.1) is 17.8 Å². The minimum Gasteiger partial charge on any atom is -0.338 e. The highest BCUT2D eigenvalue weighted by molar-refractivity contribution is 5.74. The van der Waals surface area contributed by atoms with Crippen LogP contribution >= 0.6 is 0 Å². The highest BCUT2D eigenvalue weighted by Crippen LogP contribution is 2.40. The second kappa shape index (κ2) is 9.77. The molecule has 1 saturated heterocycles. The quantitative estimate of drug-likeness (QED) is 0.557. The summed E-state index contributed by atoms with van der Waals surface area (Å²) in [7, 11) is 0. The second-order valence-corrected chi connectivity index (χ2v) is 8.60.